The summed E-state index contributed by atoms with van der Waals surface area (Å²) < 4.78 is 24.1. The van der Waals surface area contributed by atoms with Gasteiger partial charge in [0.2, 0.25) is 0 Å². The van der Waals surface area contributed by atoms with Crippen LogP contribution in [0.25, 0.3) is 0 Å². The number of rotatable bonds is 9. The van der Waals surface area contributed by atoms with Gasteiger partial charge in [-0.3, -0.25) is 4.99 Å². The minimum absolute atomic E-state index is 0. The lowest BCUT2D eigenvalue weighted by Gasteiger charge is -2.18. The van der Waals surface area contributed by atoms with Crippen LogP contribution in [-0.4, -0.2) is 32.3 Å². The normalized spacial score (nSPS) is 12.1. The topological polar surface area (TPSA) is 54.9 Å². The number of nitrogens with zero attached hydrogens (tertiary/aromatic N) is 1. The number of hydrogen-bond donors (Lipinski definition) is 2. The molecule has 1 unspecified atom stereocenters. The third-order valence-electron chi connectivity index (χ3n) is 3.89. The average Bonchev–Trinajstić information content (AvgIpc) is 2.69. The van der Waals surface area contributed by atoms with Crippen LogP contribution in [0, 0.1) is 5.82 Å². The Morgan fingerprint density at radius 3 is 2.29 bits per heavy atom. The largest absolute Gasteiger partial charge is 0.489 e. The molecule has 2 aromatic rings. The van der Waals surface area contributed by atoms with E-state index in [1.807, 2.05) is 13.8 Å². The number of benzene rings is 2. The van der Waals surface area contributed by atoms with Crippen molar-refractivity contribution in [1.82, 2.24) is 10.6 Å². The lowest BCUT2D eigenvalue weighted by Crippen LogP contribution is -2.41. The third kappa shape index (κ3) is 8.88. The van der Waals surface area contributed by atoms with Crippen LogP contribution in [0.4, 0.5) is 4.39 Å². The smallest absolute Gasteiger partial charge is 0.191 e. The van der Waals surface area contributed by atoms with E-state index in [1.54, 1.807) is 19.2 Å². The lowest BCUT2D eigenvalue weighted by atomic mass is 10.1. The van der Waals surface area contributed by atoms with Crippen molar-refractivity contribution in [3.63, 3.8) is 0 Å². The maximum absolute atomic E-state index is 12.9. The highest BCUT2D eigenvalue weighted by atomic mass is 127. The SMILES string of the molecule is CCOCc1ccc(CNC(=NC)NCC(C)Oc2ccc(F)cc2)cc1.I. The van der Waals surface area contributed by atoms with E-state index in [9.17, 15) is 4.39 Å². The molecular formula is C21H29FIN3O2. The Bertz CT molecular complexity index is 709. The molecule has 0 fully saturated rings. The van der Waals surface area contributed by atoms with Gasteiger partial charge in [0.1, 0.15) is 17.7 Å². The van der Waals surface area contributed by atoms with Gasteiger partial charge in [0.25, 0.3) is 0 Å². The predicted octanol–water partition coefficient (Wildman–Crippen LogP) is 4.11. The molecule has 2 aromatic carbocycles. The highest BCUT2D eigenvalue weighted by Gasteiger charge is 2.06. The average molecular weight is 501 g/mol. The summed E-state index contributed by atoms with van der Waals surface area (Å²) in [6, 6.07) is 14.3. The fourth-order valence-corrected chi connectivity index (χ4v) is 2.41. The predicted molar refractivity (Wildman–Crippen MR) is 122 cm³/mol. The monoisotopic (exact) mass is 501 g/mol. The minimum Gasteiger partial charge on any atom is -0.489 e. The van der Waals surface area contributed by atoms with Crippen molar-refractivity contribution in [2.45, 2.75) is 33.1 Å². The summed E-state index contributed by atoms with van der Waals surface area (Å²) in [6.07, 6.45) is -0.0909. The fraction of sp³-hybridized carbons (Fsp3) is 0.381. The molecule has 0 aromatic heterocycles. The first kappa shape index (κ1) is 24.2. The highest BCUT2D eigenvalue weighted by molar-refractivity contribution is 14.0. The van der Waals surface area contributed by atoms with Gasteiger partial charge in [-0.2, -0.15) is 0 Å². The Labute approximate surface area is 183 Å². The van der Waals surface area contributed by atoms with Gasteiger partial charge in [-0.15, -0.1) is 24.0 Å². The van der Waals surface area contributed by atoms with Crippen molar-refractivity contribution < 1.29 is 13.9 Å². The van der Waals surface area contributed by atoms with E-state index >= 15 is 0 Å². The standard InChI is InChI=1S/C21H28FN3O2.HI/c1-4-26-15-18-7-5-17(6-8-18)14-25-21(23-3)24-13-16(2)27-20-11-9-19(22)10-12-20;/h5-12,16H,4,13-15H2,1-3H3,(H2,23,24,25);1H. The first-order chi connectivity index (χ1) is 13.1. The molecule has 2 rings (SSSR count). The number of ether oxygens (including phenoxy) is 2. The van der Waals surface area contributed by atoms with E-state index in [0.717, 1.165) is 11.1 Å². The molecule has 0 radical (unpaired) electrons. The van der Waals surface area contributed by atoms with Gasteiger partial charge in [0, 0.05) is 20.2 Å². The highest BCUT2D eigenvalue weighted by Crippen LogP contribution is 2.12. The molecule has 0 saturated heterocycles. The molecule has 28 heavy (non-hydrogen) atoms. The van der Waals surface area contributed by atoms with Crippen LogP contribution >= 0.6 is 24.0 Å². The summed E-state index contributed by atoms with van der Waals surface area (Å²) in [6.45, 7) is 6.53. The van der Waals surface area contributed by atoms with Gasteiger partial charge in [0.15, 0.2) is 5.96 Å². The molecule has 0 amide bonds. The third-order valence-corrected chi connectivity index (χ3v) is 3.89. The quantitative estimate of drug-likeness (QED) is 0.309. The molecule has 5 nitrogen and oxygen atoms in total. The van der Waals surface area contributed by atoms with Gasteiger partial charge >= 0.3 is 0 Å². The van der Waals surface area contributed by atoms with Crippen molar-refractivity contribution in [2.75, 3.05) is 20.2 Å². The fourth-order valence-electron chi connectivity index (χ4n) is 2.41. The zero-order valence-electron chi connectivity index (χ0n) is 16.6. The first-order valence-electron chi connectivity index (χ1n) is 9.13. The molecule has 1 atom stereocenters. The van der Waals surface area contributed by atoms with E-state index in [1.165, 1.54) is 12.1 Å². The van der Waals surface area contributed by atoms with Crippen LogP contribution < -0.4 is 15.4 Å². The van der Waals surface area contributed by atoms with Crippen LogP contribution in [0.2, 0.25) is 0 Å². The van der Waals surface area contributed by atoms with Crippen molar-refractivity contribution in [2.24, 2.45) is 4.99 Å². The van der Waals surface area contributed by atoms with Gasteiger partial charge in [-0.25, -0.2) is 4.39 Å². The molecule has 0 heterocycles. The van der Waals surface area contributed by atoms with Crippen LogP contribution in [0.15, 0.2) is 53.5 Å². The molecule has 0 aliphatic rings. The zero-order chi connectivity index (χ0) is 19.5. The van der Waals surface area contributed by atoms with Crippen LogP contribution in [-0.2, 0) is 17.9 Å². The Balaban J connectivity index is 0.00000392. The van der Waals surface area contributed by atoms with Gasteiger partial charge in [-0.1, -0.05) is 24.3 Å². The summed E-state index contributed by atoms with van der Waals surface area (Å²) in [5, 5.41) is 6.51. The summed E-state index contributed by atoms with van der Waals surface area (Å²) in [5.74, 6) is 1.06. The lowest BCUT2D eigenvalue weighted by molar-refractivity contribution is 0.134. The zero-order valence-corrected chi connectivity index (χ0v) is 18.9. The summed E-state index contributed by atoms with van der Waals surface area (Å²) in [5.41, 5.74) is 2.32. The van der Waals surface area contributed by atoms with E-state index in [-0.39, 0.29) is 35.9 Å². The minimum atomic E-state index is -0.274. The first-order valence-corrected chi connectivity index (χ1v) is 9.13. The maximum Gasteiger partial charge on any atom is 0.191 e. The summed E-state index contributed by atoms with van der Waals surface area (Å²) >= 11 is 0. The Morgan fingerprint density at radius 2 is 1.68 bits per heavy atom. The Kier molecular flexibility index (Phi) is 11.5. The summed E-state index contributed by atoms with van der Waals surface area (Å²) in [7, 11) is 1.73. The number of aliphatic imine (C=N–C) groups is 1. The van der Waals surface area contributed by atoms with Crippen LogP contribution in [0.3, 0.4) is 0 Å². The Hall–Kier alpha value is -1.87. The van der Waals surface area contributed by atoms with Gasteiger partial charge < -0.3 is 20.1 Å². The second-order valence-corrected chi connectivity index (χ2v) is 6.14. The molecule has 2 N–H and O–H groups in total. The second kappa shape index (κ2) is 13.3. The number of guanidine groups is 1. The van der Waals surface area contributed by atoms with Crippen molar-refractivity contribution in [1.29, 1.82) is 0 Å². The molecule has 0 bridgehead atoms. The molecule has 0 saturated carbocycles. The number of hydrogen-bond acceptors (Lipinski definition) is 3. The van der Waals surface area contributed by atoms with Crippen molar-refractivity contribution >= 4 is 29.9 Å². The molecular weight excluding hydrogens is 472 g/mol. The van der Waals surface area contributed by atoms with Crippen molar-refractivity contribution in [3.8, 4) is 5.75 Å². The van der Waals surface area contributed by atoms with Gasteiger partial charge in [0.05, 0.1) is 13.2 Å². The molecule has 0 aliphatic heterocycles. The Morgan fingerprint density at radius 1 is 1.04 bits per heavy atom. The van der Waals surface area contributed by atoms with E-state index in [2.05, 4.69) is 39.9 Å². The van der Waals surface area contributed by atoms with Crippen LogP contribution in [0.5, 0.6) is 5.75 Å². The van der Waals surface area contributed by atoms with Gasteiger partial charge in [-0.05, 0) is 49.2 Å². The number of halogens is 2. The van der Waals surface area contributed by atoms with Crippen molar-refractivity contribution in [3.05, 3.63) is 65.5 Å². The number of nitrogens with one attached hydrogen (secondary N) is 2. The van der Waals surface area contributed by atoms with E-state index in [4.69, 9.17) is 9.47 Å². The van der Waals surface area contributed by atoms with Crippen LogP contribution in [0.1, 0.15) is 25.0 Å². The van der Waals surface area contributed by atoms with E-state index < -0.39 is 0 Å². The molecule has 0 spiro atoms. The molecule has 0 aliphatic carbocycles. The molecule has 154 valence electrons. The molecule has 7 heteroatoms. The second-order valence-electron chi connectivity index (χ2n) is 6.14. The van der Waals surface area contributed by atoms with E-state index in [0.29, 0.717) is 38.0 Å². The maximum atomic E-state index is 12.9. The summed E-state index contributed by atoms with van der Waals surface area (Å²) in [4.78, 5) is 4.22.